The van der Waals surface area contributed by atoms with Crippen molar-refractivity contribution in [3.8, 4) is 0 Å². The molecule has 1 aromatic carbocycles. The fourth-order valence-corrected chi connectivity index (χ4v) is 2.90. The molecule has 0 saturated heterocycles. The fraction of sp³-hybridized carbons (Fsp3) is 0.200. The van der Waals surface area contributed by atoms with Gasteiger partial charge in [-0.15, -0.1) is 11.3 Å². The molecular formula is C15H14N2O2S. The van der Waals surface area contributed by atoms with E-state index in [1.54, 1.807) is 6.07 Å². The number of carbonyl (C=O) groups is 2. The van der Waals surface area contributed by atoms with E-state index in [9.17, 15) is 9.59 Å². The van der Waals surface area contributed by atoms with Crippen LogP contribution in [0.25, 0.3) is 0 Å². The molecule has 2 aromatic rings. The van der Waals surface area contributed by atoms with Gasteiger partial charge in [0, 0.05) is 5.69 Å². The lowest BCUT2D eigenvalue weighted by Crippen LogP contribution is -2.25. The maximum absolute atomic E-state index is 12.0. The van der Waals surface area contributed by atoms with Gasteiger partial charge < -0.3 is 10.6 Å². The predicted octanol–water partition coefficient (Wildman–Crippen LogP) is 2.73. The molecule has 0 spiro atoms. The highest BCUT2D eigenvalue weighted by Crippen LogP contribution is 2.26. The van der Waals surface area contributed by atoms with Crippen LogP contribution < -0.4 is 10.6 Å². The maximum Gasteiger partial charge on any atom is 0.261 e. The number of nitrogens with one attached hydrogen (secondary N) is 2. The van der Waals surface area contributed by atoms with Crippen molar-refractivity contribution in [2.24, 2.45) is 0 Å². The largest absolute Gasteiger partial charge is 0.345 e. The van der Waals surface area contributed by atoms with Crippen molar-refractivity contribution in [2.45, 2.75) is 19.4 Å². The van der Waals surface area contributed by atoms with Crippen LogP contribution in [0.15, 0.2) is 35.7 Å². The topological polar surface area (TPSA) is 58.2 Å². The van der Waals surface area contributed by atoms with Gasteiger partial charge in [-0.2, -0.15) is 0 Å². The first kappa shape index (κ1) is 12.9. The van der Waals surface area contributed by atoms with Crippen LogP contribution in [0.3, 0.4) is 0 Å². The zero-order valence-corrected chi connectivity index (χ0v) is 11.8. The van der Waals surface area contributed by atoms with E-state index >= 15 is 0 Å². The van der Waals surface area contributed by atoms with Crippen molar-refractivity contribution in [1.29, 1.82) is 0 Å². The summed E-state index contributed by atoms with van der Waals surface area (Å²) >= 11 is 1.42. The highest BCUT2D eigenvalue weighted by molar-refractivity contribution is 7.12. The Kier molecular flexibility index (Phi) is 3.28. The van der Waals surface area contributed by atoms with Crippen LogP contribution >= 0.6 is 11.3 Å². The van der Waals surface area contributed by atoms with Gasteiger partial charge >= 0.3 is 0 Å². The summed E-state index contributed by atoms with van der Waals surface area (Å²) in [4.78, 5) is 24.0. The fourth-order valence-electron chi connectivity index (χ4n) is 2.28. The summed E-state index contributed by atoms with van der Waals surface area (Å²) in [6.45, 7) is 1.94. The molecule has 0 unspecified atom stereocenters. The minimum atomic E-state index is -0.0920. The molecule has 1 aromatic heterocycles. The van der Waals surface area contributed by atoms with E-state index in [-0.39, 0.29) is 17.9 Å². The Hall–Kier alpha value is -2.14. The molecule has 2 amide bonds. The first-order valence-corrected chi connectivity index (χ1v) is 7.28. The summed E-state index contributed by atoms with van der Waals surface area (Å²) in [6.07, 6.45) is 0.411. The normalized spacial score (nSPS) is 14.6. The first-order chi connectivity index (χ1) is 9.63. The highest BCUT2D eigenvalue weighted by Gasteiger charge is 2.19. The second-order valence-electron chi connectivity index (χ2n) is 4.81. The summed E-state index contributed by atoms with van der Waals surface area (Å²) in [5.41, 5.74) is 2.87. The van der Waals surface area contributed by atoms with Crippen molar-refractivity contribution < 1.29 is 9.59 Å². The second-order valence-corrected chi connectivity index (χ2v) is 5.76. The van der Waals surface area contributed by atoms with Gasteiger partial charge in [0.2, 0.25) is 5.91 Å². The number of fused-ring (bicyclic) bond motifs is 1. The van der Waals surface area contributed by atoms with Gasteiger partial charge in [0.15, 0.2) is 0 Å². The highest BCUT2D eigenvalue weighted by atomic mass is 32.1. The van der Waals surface area contributed by atoms with E-state index in [4.69, 9.17) is 0 Å². The Morgan fingerprint density at radius 1 is 1.40 bits per heavy atom. The zero-order chi connectivity index (χ0) is 14.1. The van der Waals surface area contributed by atoms with Crippen LogP contribution in [0.5, 0.6) is 0 Å². The average molecular weight is 286 g/mol. The molecule has 0 saturated carbocycles. The van der Waals surface area contributed by atoms with Crippen LogP contribution in [-0.2, 0) is 11.2 Å². The Morgan fingerprint density at radius 3 is 3.00 bits per heavy atom. The quantitative estimate of drug-likeness (QED) is 0.911. The Labute approximate surface area is 120 Å². The summed E-state index contributed by atoms with van der Waals surface area (Å²) in [5, 5.41) is 7.65. The molecule has 102 valence electrons. The van der Waals surface area contributed by atoms with E-state index in [1.165, 1.54) is 11.3 Å². The molecule has 1 atom stereocenters. The van der Waals surface area contributed by atoms with Crippen LogP contribution in [0.1, 0.15) is 33.8 Å². The number of hydrogen-bond donors (Lipinski definition) is 2. The molecule has 4 nitrogen and oxygen atoms in total. The van der Waals surface area contributed by atoms with Crippen LogP contribution in [0.4, 0.5) is 5.69 Å². The summed E-state index contributed by atoms with van der Waals surface area (Å²) in [7, 11) is 0. The van der Waals surface area contributed by atoms with Crippen molar-refractivity contribution in [2.75, 3.05) is 5.32 Å². The minimum absolute atomic E-state index is 0.0208. The Morgan fingerprint density at radius 2 is 2.25 bits per heavy atom. The van der Waals surface area contributed by atoms with Crippen molar-refractivity contribution in [3.05, 3.63) is 51.7 Å². The molecule has 2 N–H and O–H groups in total. The smallest absolute Gasteiger partial charge is 0.261 e. The lowest BCUT2D eigenvalue weighted by Gasteiger charge is -2.14. The molecule has 0 fully saturated rings. The van der Waals surface area contributed by atoms with Crippen LogP contribution in [0.2, 0.25) is 0 Å². The molecule has 3 rings (SSSR count). The third-order valence-corrected chi connectivity index (χ3v) is 4.22. The molecule has 2 heterocycles. The van der Waals surface area contributed by atoms with Crippen molar-refractivity contribution in [3.63, 3.8) is 0 Å². The molecule has 0 aliphatic carbocycles. The van der Waals surface area contributed by atoms with E-state index < -0.39 is 0 Å². The van der Waals surface area contributed by atoms with E-state index in [0.717, 1.165) is 16.8 Å². The lowest BCUT2D eigenvalue weighted by atomic mass is 10.0. The lowest BCUT2D eigenvalue weighted by molar-refractivity contribution is -0.115. The van der Waals surface area contributed by atoms with Crippen LogP contribution in [0, 0.1) is 0 Å². The molecule has 1 aliphatic heterocycles. The van der Waals surface area contributed by atoms with Gasteiger partial charge in [-0.1, -0.05) is 18.2 Å². The van der Waals surface area contributed by atoms with Crippen LogP contribution in [-0.4, -0.2) is 11.8 Å². The number of carbonyl (C=O) groups excluding carboxylic acids is 2. The third-order valence-electron chi connectivity index (χ3n) is 3.35. The Balaban J connectivity index is 1.75. The van der Waals surface area contributed by atoms with Gasteiger partial charge in [-0.3, -0.25) is 9.59 Å². The molecule has 0 bridgehead atoms. The number of benzene rings is 1. The number of amides is 2. The zero-order valence-electron chi connectivity index (χ0n) is 11.0. The summed E-state index contributed by atoms with van der Waals surface area (Å²) in [5.74, 6) is -0.0466. The van der Waals surface area contributed by atoms with Gasteiger partial charge in [-0.05, 0) is 35.6 Å². The molecule has 1 aliphatic rings. The van der Waals surface area contributed by atoms with E-state index in [2.05, 4.69) is 10.6 Å². The van der Waals surface area contributed by atoms with Gasteiger partial charge in [0.1, 0.15) is 0 Å². The van der Waals surface area contributed by atoms with Crippen molar-refractivity contribution in [1.82, 2.24) is 5.32 Å². The summed E-state index contributed by atoms with van der Waals surface area (Å²) in [6, 6.07) is 9.37. The number of anilines is 1. The predicted molar refractivity (Wildman–Crippen MR) is 79.0 cm³/mol. The minimum Gasteiger partial charge on any atom is -0.345 e. The molecule has 20 heavy (non-hydrogen) atoms. The maximum atomic E-state index is 12.0. The van der Waals surface area contributed by atoms with E-state index in [1.807, 2.05) is 36.6 Å². The number of hydrogen-bond acceptors (Lipinski definition) is 3. The SMILES string of the molecule is C[C@H](NC(=O)c1cccs1)c1ccc2c(c1)CC(=O)N2. The first-order valence-electron chi connectivity index (χ1n) is 6.40. The number of thiophene rings is 1. The Bertz CT molecular complexity index is 665. The summed E-state index contributed by atoms with van der Waals surface area (Å²) < 4.78 is 0. The third kappa shape index (κ3) is 2.44. The van der Waals surface area contributed by atoms with E-state index in [0.29, 0.717) is 11.3 Å². The standard InChI is InChI=1S/C15H14N2O2S/c1-9(16-15(19)13-3-2-6-20-13)10-4-5-12-11(7-10)8-14(18)17-12/h2-7,9H,8H2,1H3,(H,16,19)(H,17,18)/t9-/m0/s1. The van der Waals surface area contributed by atoms with Gasteiger partial charge in [-0.25, -0.2) is 0 Å². The molecular weight excluding hydrogens is 272 g/mol. The van der Waals surface area contributed by atoms with Crippen molar-refractivity contribution >= 4 is 28.8 Å². The molecule has 0 radical (unpaired) electrons. The molecule has 5 heteroatoms. The second kappa shape index (κ2) is 5.09. The van der Waals surface area contributed by atoms with Gasteiger partial charge in [0.05, 0.1) is 17.3 Å². The number of rotatable bonds is 3. The monoisotopic (exact) mass is 286 g/mol. The van der Waals surface area contributed by atoms with Gasteiger partial charge in [0.25, 0.3) is 5.91 Å². The average Bonchev–Trinajstić information content (AvgIpc) is 3.05.